The summed E-state index contributed by atoms with van der Waals surface area (Å²) in [5.74, 6) is 0.622. The lowest BCUT2D eigenvalue weighted by atomic mass is 9.80. The van der Waals surface area contributed by atoms with Crippen LogP contribution in [-0.4, -0.2) is 53.8 Å². The molecule has 2 fully saturated rings. The molecule has 6 heteroatoms. The fraction of sp³-hybridized carbons (Fsp3) is 0.765. The molecule has 3 rings (SSSR count). The number of rotatable bonds is 5. The molecule has 128 valence electrons. The van der Waals surface area contributed by atoms with E-state index in [1.807, 2.05) is 6.92 Å². The largest absolute Gasteiger partial charge is 0.351 e. The van der Waals surface area contributed by atoms with Gasteiger partial charge in [-0.25, -0.2) is 0 Å². The molecule has 1 aromatic rings. The fourth-order valence-electron chi connectivity index (χ4n) is 4.26. The molecule has 1 aromatic heterocycles. The number of fused-ring (bicyclic) bond motifs is 1. The number of hydrogen-bond acceptors (Lipinski definition) is 4. The van der Waals surface area contributed by atoms with Crippen molar-refractivity contribution in [1.29, 1.82) is 0 Å². The molecule has 0 unspecified atom stereocenters. The molecule has 0 radical (unpaired) electrons. The Morgan fingerprint density at radius 3 is 3.00 bits per heavy atom. The lowest BCUT2D eigenvalue weighted by Crippen LogP contribution is -2.47. The summed E-state index contributed by atoms with van der Waals surface area (Å²) in [7, 11) is 2.11. The molecule has 2 aliphatic rings. The van der Waals surface area contributed by atoms with Crippen molar-refractivity contribution in [2.45, 2.75) is 40.3 Å². The highest BCUT2D eigenvalue weighted by Crippen LogP contribution is 2.38. The molecule has 2 atom stereocenters. The first-order valence-corrected chi connectivity index (χ1v) is 8.68. The summed E-state index contributed by atoms with van der Waals surface area (Å²) >= 11 is 0. The van der Waals surface area contributed by atoms with Gasteiger partial charge in [-0.3, -0.25) is 9.48 Å². The van der Waals surface area contributed by atoms with Crippen LogP contribution in [0, 0.1) is 25.2 Å². The minimum absolute atomic E-state index is 0.193. The normalized spacial score (nSPS) is 27.4. The van der Waals surface area contributed by atoms with Crippen LogP contribution in [0.5, 0.6) is 0 Å². The lowest BCUT2D eigenvalue weighted by Gasteiger charge is -2.26. The van der Waals surface area contributed by atoms with Crippen LogP contribution in [0.2, 0.25) is 0 Å². The third-order valence-corrected chi connectivity index (χ3v) is 5.54. The van der Waals surface area contributed by atoms with E-state index in [-0.39, 0.29) is 11.3 Å². The topological polar surface area (TPSA) is 62.2 Å². The van der Waals surface area contributed by atoms with Crippen molar-refractivity contribution in [3.63, 3.8) is 0 Å². The maximum atomic E-state index is 12.9. The van der Waals surface area contributed by atoms with Gasteiger partial charge in [-0.2, -0.15) is 5.10 Å². The number of nitrogens with one attached hydrogen (secondary N) is 2. The Labute approximate surface area is 138 Å². The first kappa shape index (κ1) is 16.5. The van der Waals surface area contributed by atoms with Crippen LogP contribution in [0.4, 0.5) is 0 Å². The van der Waals surface area contributed by atoms with Gasteiger partial charge in [-0.1, -0.05) is 6.92 Å². The summed E-state index contributed by atoms with van der Waals surface area (Å²) in [4.78, 5) is 15.2. The van der Waals surface area contributed by atoms with Crippen LogP contribution in [0.25, 0.3) is 0 Å². The maximum Gasteiger partial charge on any atom is 0.229 e. The standard InChI is InChI=1S/C17H29N5O/c1-5-6-22-13(3)15(12(2)20-22)8-19-16(23)17-10-18-7-14(17)9-21(4)11-17/h14,18H,5-11H2,1-4H3,(H,19,23)/t14-,17-/m1/s1. The van der Waals surface area contributed by atoms with E-state index in [4.69, 9.17) is 0 Å². The number of carbonyl (C=O) groups is 1. The first-order valence-electron chi connectivity index (χ1n) is 8.68. The maximum absolute atomic E-state index is 12.9. The second-order valence-electron chi connectivity index (χ2n) is 7.24. The summed E-state index contributed by atoms with van der Waals surface area (Å²) in [6.45, 7) is 11.4. The molecule has 6 nitrogen and oxygen atoms in total. The van der Waals surface area contributed by atoms with Gasteiger partial charge in [0.25, 0.3) is 0 Å². The highest BCUT2D eigenvalue weighted by atomic mass is 16.2. The van der Waals surface area contributed by atoms with Gasteiger partial charge in [-0.05, 0) is 27.3 Å². The van der Waals surface area contributed by atoms with E-state index in [1.54, 1.807) is 0 Å². The summed E-state index contributed by atoms with van der Waals surface area (Å²) in [6.07, 6.45) is 1.07. The molecule has 1 amide bonds. The van der Waals surface area contributed by atoms with Crippen molar-refractivity contribution in [1.82, 2.24) is 25.3 Å². The van der Waals surface area contributed by atoms with Gasteiger partial charge < -0.3 is 15.5 Å². The highest BCUT2D eigenvalue weighted by Gasteiger charge is 2.53. The summed E-state index contributed by atoms with van der Waals surface area (Å²) in [6, 6.07) is 0. The van der Waals surface area contributed by atoms with Gasteiger partial charge in [0.15, 0.2) is 0 Å². The van der Waals surface area contributed by atoms with Gasteiger partial charge >= 0.3 is 0 Å². The summed E-state index contributed by atoms with van der Waals surface area (Å²) in [5, 5.41) is 11.2. The second-order valence-corrected chi connectivity index (χ2v) is 7.24. The highest BCUT2D eigenvalue weighted by molar-refractivity contribution is 5.84. The van der Waals surface area contributed by atoms with Gasteiger partial charge in [0.1, 0.15) is 0 Å². The van der Waals surface area contributed by atoms with Gasteiger partial charge in [-0.15, -0.1) is 0 Å². The van der Waals surface area contributed by atoms with Crippen molar-refractivity contribution >= 4 is 5.91 Å². The Bertz CT molecular complexity index is 596. The van der Waals surface area contributed by atoms with Gasteiger partial charge in [0, 0.05) is 56.4 Å². The molecule has 0 aliphatic carbocycles. The first-order chi connectivity index (χ1) is 11.0. The number of amides is 1. The lowest BCUT2D eigenvalue weighted by molar-refractivity contribution is -0.130. The Morgan fingerprint density at radius 2 is 2.26 bits per heavy atom. The minimum Gasteiger partial charge on any atom is -0.351 e. The smallest absolute Gasteiger partial charge is 0.229 e. The molecule has 0 spiro atoms. The molecule has 0 bridgehead atoms. The number of hydrogen-bond donors (Lipinski definition) is 2. The zero-order valence-electron chi connectivity index (χ0n) is 14.8. The van der Waals surface area contributed by atoms with Gasteiger partial charge in [0.2, 0.25) is 5.91 Å². The average Bonchev–Trinajstić information content (AvgIpc) is 3.10. The molecule has 2 N–H and O–H groups in total. The molecule has 0 aromatic carbocycles. The minimum atomic E-state index is -0.254. The van der Waals surface area contributed by atoms with E-state index in [9.17, 15) is 4.79 Å². The van der Waals surface area contributed by atoms with Gasteiger partial charge in [0.05, 0.1) is 11.1 Å². The average molecular weight is 319 g/mol. The molecular weight excluding hydrogens is 290 g/mol. The quantitative estimate of drug-likeness (QED) is 0.838. The van der Waals surface area contributed by atoms with Crippen LogP contribution in [-0.2, 0) is 17.9 Å². The molecule has 2 saturated heterocycles. The molecule has 23 heavy (non-hydrogen) atoms. The second kappa shape index (κ2) is 6.24. The number of aryl methyl sites for hydroxylation is 2. The zero-order valence-corrected chi connectivity index (χ0v) is 14.8. The fourth-order valence-corrected chi connectivity index (χ4v) is 4.26. The van der Waals surface area contributed by atoms with E-state index in [2.05, 4.69) is 46.2 Å². The van der Waals surface area contributed by atoms with Crippen LogP contribution in [0.3, 0.4) is 0 Å². The number of nitrogens with zero attached hydrogens (tertiary/aromatic N) is 3. The van der Waals surface area contributed by atoms with Crippen molar-refractivity contribution in [2.24, 2.45) is 11.3 Å². The number of carbonyl (C=O) groups excluding carboxylic acids is 1. The van der Waals surface area contributed by atoms with Crippen molar-refractivity contribution in [2.75, 3.05) is 33.2 Å². The molecule has 3 heterocycles. The predicted octanol–water partition coefficient (Wildman–Crippen LogP) is 0.677. The zero-order chi connectivity index (χ0) is 16.6. The Morgan fingerprint density at radius 1 is 1.48 bits per heavy atom. The van der Waals surface area contributed by atoms with E-state index in [1.165, 1.54) is 5.69 Å². The van der Waals surface area contributed by atoms with E-state index < -0.39 is 0 Å². The molecule has 0 saturated carbocycles. The predicted molar refractivity (Wildman–Crippen MR) is 90.1 cm³/mol. The van der Waals surface area contributed by atoms with Crippen molar-refractivity contribution in [3.8, 4) is 0 Å². The monoisotopic (exact) mass is 319 g/mol. The molecule has 2 aliphatic heterocycles. The third kappa shape index (κ3) is 2.78. The van der Waals surface area contributed by atoms with Crippen LogP contribution in [0.1, 0.15) is 30.3 Å². The van der Waals surface area contributed by atoms with Crippen LogP contribution in [0.15, 0.2) is 0 Å². The third-order valence-electron chi connectivity index (χ3n) is 5.54. The number of likely N-dealkylation sites (tertiary alicyclic amines) is 1. The van der Waals surface area contributed by atoms with Crippen molar-refractivity contribution < 1.29 is 4.79 Å². The van der Waals surface area contributed by atoms with Crippen molar-refractivity contribution in [3.05, 3.63) is 17.0 Å². The van der Waals surface area contributed by atoms with E-state index >= 15 is 0 Å². The van der Waals surface area contributed by atoms with Crippen LogP contribution >= 0.6 is 0 Å². The van der Waals surface area contributed by atoms with E-state index in [0.29, 0.717) is 12.5 Å². The Kier molecular flexibility index (Phi) is 4.47. The summed E-state index contributed by atoms with van der Waals surface area (Å²) < 4.78 is 2.05. The van der Waals surface area contributed by atoms with Crippen LogP contribution < -0.4 is 10.6 Å². The Balaban J connectivity index is 1.70. The Hall–Kier alpha value is -1.40. The SMILES string of the molecule is CCCn1nc(C)c(CNC(=O)[C@@]23CNC[C@@H]2CN(C)C3)c1C. The molecular formula is C17H29N5O. The summed E-state index contributed by atoms with van der Waals surface area (Å²) in [5.41, 5.74) is 3.11. The number of aromatic nitrogens is 2. The van der Waals surface area contributed by atoms with E-state index in [0.717, 1.165) is 50.4 Å².